The molecule has 0 amide bonds. The van der Waals surface area contributed by atoms with Crippen LogP contribution in [-0.4, -0.2) is 31.1 Å². The standard InChI is InChI=1S/C9H20N2.C2H6.CH4/c1-2-9-3-6-11(7-4-9)8-5-10;1-2;/h9H,2-8,10H2,1H3;1-2H3;1H4. The SMILES string of the molecule is C.CC.CCC1CCN(CCN)CC1. The van der Waals surface area contributed by atoms with Crippen LogP contribution in [-0.2, 0) is 0 Å². The summed E-state index contributed by atoms with van der Waals surface area (Å²) in [6.07, 6.45) is 4.13. The van der Waals surface area contributed by atoms with E-state index in [2.05, 4.69) is 11.8 Å². The minimum absolute atomic E-state index is 0. The Hall–Kier alpha value is -0.0800. The highest BCUT2D eigenvalue weighted by Crippen LogP contribution is 2.19. The minimum atomic E-state index is 0. The van der Waals surface area contributed by atoms with Gasteiger partial charge in [0.25, 0.3) is 0 Å². The molecular formula is C12H30N2. The first-order valence-corrected chi connectivity index (χ1v) is 5.79. The van der Waals surface area contributed by atoms with Crippen molar-refractivity contribution < 1.29 is 0 Å². The lowest BCUT2D eigenvalue weighted by Gasteiger charge is -2.30. The van der Waals surface area contributed by atoms with Crippen LogP contribution in [0.15, 0.2) is 0 Å². The van der Waals surface area contributed by atoms with E-state index in [1.54, 1.807) is 0 Å². The Balaban J connectivity index is 0. The fraction of sp³-hybridized carbons (Fsp3) is 1.00. The maximum Gasteiger partial charge on any atom is 0.0105 e. The van der Waals surface area contributed by atoms with Gasteiger partial charge in [-0.15, -0.1) is 0 Å². The Labute approximate surface area is 90.9 Å². The van der Waals surface area contributed by atoms with E-state index in [4.69, 9.17) is 5.73 Å². The topological polar surface area (TPSA) is 29.3 Å². The molecule has 1 aliphatic rings. The molecule has 0 saturated carbocycles. The third-order valence-electron chi connectivity index (χ3n) is 2.73. The second kappa shape index (κ2) is 11.0. The molecule has 2 nitrogen and oxygen atoms in total. The molecule has 0 spiro atoms. The molecule has 0 aromatic heterocycles. The summed E-state index contributed by atoms with van der Waals surface area (Å²) in [5, 5.41) is 0. The van der Waals surface area contributed by atoms with Crippen molar-refractivity contribution in [2.24, 2.45) is 11.7 Å². The van der Waals surface area contributed by atoms with E-state index >= 15 is 0 Å². The van der Waals surface area contributed by atoms with Gasteiger partial charge in [0.1, 0.15) is 0 Å². The zero-order chi connectivity index (χ0) is 10.1. The summed E-state index contributed by atoms with van der Waals surface area (Å²) in [5.74, 6) is 0.990. The molecule has 0 radical (unpaired) electrons. The number of hydrogen-bond acceptors (Lipinski definition) is 2. The molecular weight excluding hydrogens is 172 g/mol. The molecule has 0 aliphatic carbocycles. The molecule has 0 unspecified atom stereocenters. The summed E-state index contributed by atoms with van der Waals surface area (Å²) in [4.78, 5) is 2.48. The van der Waals surface area contributed by atoms with Crippen LogP contribution in [0.5, 0.6) is 0 Å². The van der Waals surface area contributed by atoms with Crippen LogP contribution in [0.25, 0.3) is 0 Å². The third-order valence-corrected chi connectivity index (χ3v) is 2.73. The molecule has 0 aromatic carbocycles. The molecule has 1 fully saturated rings. The summed E-state index contributed by atoms with van der Waals surface area (Å²) in [6.45, 7) is 10.8. The van der Waals surface area contributed by atoms with Gasteiger partial charge in [0, 0.05) is 13.1 Å². The van der Waals surface area contributed by atoms with E-state index in [0.717, 1.165) is 19.0 Å². The Kier molecular flexibility index (Phi) is 12.8. The van der Waals surface area contributed by atoms with E-state index < -0.39 is 0 Å². The number of nitrogens with two attached hydrogens (primary N) is 1. The van der Waals surface area contributed by atoms with Gasteiger partial charge in [0.2, 0.25) is 0 Å². The first-order chi connectivity index (χ1) is 6.36. The smallest absolute Gasteiger partial charge is 0.0105 e. The Morgan fingerprint density at radius 3 is 2.07 bits per heavy atom. The molecule has 1 aliphatic heterocycles. The second-order valence-electron chi connectivity index (χ2n) is 3.48. The second-order valence-corrected chi connectivity index (χ2v) is 3.48. The van der Waals surface area contributed by atoms with Gasteiger partial charge in [-0.25, -0.2) is 0 Å². The fourth-order valence-electron chi connectivity index (χ4n) is 1.80. The van der Waals surface area contributed by atoms with Gasteiger partial charge in [-0.1, -0.05) is 34.6 Å². The summed E-state index contributed by atoms with van der Waals surface area (Å²) in [7, 11) is 0. The van der Waals surface area contributed by atoms with E-state index in [0.29, 0.717) is 0 Å². The zero-order valence-corrected chi connectivity index (χ0v) is 9.55. The molecule has 1 rings (SSSR count). The van der Waals surface area contributed by atoms with Crippen molar-refractivity contribution in [3.63, 3.8) is 0 Å². The van der Waals surface area contributed by atoms with E-state index in [1.165, 1.54) is 32.4 Å². The summed E-state index contributed by atoms with van der Waals surface area (Å²) < 4.78 is 0. The number of hydrogen-bond donors (Lipinski definition) is 1. The van der Waals surface area contributed by atoms with Crippen molar-refractivity contribution in [2.75, 3.05) is 26.2 Å². The lowest BCUT2D eigenvalue weighted by atomic mass is 9.94. The molecule has 0 atom stereocenters. The Morgan fingerprint density at radius 2 is 1.71 bits per heavy atom. The monoisotopic (exact) mass is 202 g/mol. The first kappa shape index (κ1) is 16.4. The molecule has 1 heterocycles. The van der Waals surface area contributed by atoms with Crippen molar-refractivity contribution in [1.29, 1.82) is 0 Å². The number of rotatable bonds is 3. The lowest BCUT2D eigenvalue weighted by Crippen LogP contribution is -2.36. The van der Waals surface area contributed by atoms with Crippen molar-refractivity contribution in [3.8, 4) is 0 Å². The fourth-order valence-corrected chi connectivity index (χ4v) is 1.80. The minimum Gasteiger partial charge on any atom is -0.329 e. The maximum absolute atomic E-state index is 5.48. The molecule has 0 bridgehead atoms. The first-order valence-electron chi connectivity index (χ1n) is 5.79. The van der Waals surface area contributed by atoms with Gasteiger partial charge >= 0.3 is 0 Å². The lowest BCUT2D eigenvalue weighted by molar-refractivity contribution is 0.186. The average Bonchev–Trinajstić information content (AvgIpc) is 2.23. The quantitative estimate of drug-likeness (QED) is 0.762. The average molecular weight is 202 g/mol. The van der Waals surface area contributed by atoms with Crippen molar-refractivity contribution in [3.05, 3.63) is 0 Å². The molecule has 14 heavy (non-hydrogen) atoms. The molecule has 2 heteroatoms. The zero-order valence-electron chi connectivity index (χ0n) is 9.55. The summed E-state index contributed by atoms with van der Waals surface area (Å²) in [5.41, 5.74) is 5.48. The van der Waals surface area contributed by atoms with Crippen LogP contribution in [0.2, 0.25) is 0 Å². The normalized spacial score (nSPS) is 18.0. The van der Waals surface area contributed by atoms with E-state index in [9.17, 15) is 0 Å². The van der Waals surface area contributed by atoms with Gasteiger partial charge in [-0.05, 0) is 31.8 Å². The Bertz CT molecular complexity index is 96.5. The van der Waals surface area contributed by atoms with E-state index in [-0.39, 0.29) is 7.43 Å². The highest BCUT2D eigenvalue weighted by atomic mass is 15.1. The van der Waals surface area contributed by atoms with Gasteiger partial charge in [0.15, 0.2) is 0 Å². The number of nitrogens with zero attached hydrogens (tertiary/aromatic N) is 1. The Morgan fingerprint density at radius 1 is 1.21 bits per heavy atom. The van der Waals surface area contributed by atoms with E-state index in [1.807, 2.05) is 13.8 Å². The number of likely N-dealkylation sites (tertiary alicyclic amines) is 1. The van der Waals surface area contributed by atoms with Gasteiger partial charge in [0.05, 0.1) is 0 Å². The van der Waals surface area contributed by atoms with Crippen LogP contribution in [0, 0.1) is 5.92 Å². The highest BCUT2D eigenvalue weighted by Gasteiger charge is 2.16. The van der Waals surface area contributed by atoms with Crippen LogP contribution in [0.3, 0.4) is 0 Å². The van der Waals surface area contributed by atoms with Crippen LogP contribution in [0.4, 0.5) is 0 Å². The molecule has 1 saturated heterocycles. The van der Waals surface area contributed by atoms with Gasteiger partial charge in [-0.2, -0.15) is 0 Å². The largest absolute Gasteiger partial charge is 0.329 e. The summed E-state index contributed by atoms with van der Waals surface area (Å²) in [6, 6.07) is 0. The summed E-state index contributed by atoms with van der Waals surface area (Å²) >= 11 is 0. The predicted octanol–water partition coefficient (Wildman–Crippen LogP) is 2.73. The molecule has 88 valence electrons. The van der Waals surface area contributed by atoms with Crippen LogP contribution < -0.4 is 5.73 Å². The molecule has 0 aromatic rings. The van der Waals surface area contributed by atoms with Crippen molar-refractivity contribution in [1.82, 2.24) is 4.90 Å². The van der Waals surface area contributed by atoms with Gasteiger partial charge < -0.3 is 10.6 Å². The number of piperidine rings is 1. The predicted molar refractivity (Wildman–Crippen MR) is 66.6 cm³/mol. The van der Waals surface area contributed by atoms with Crippen molar-refractivity contribution >= 4 is 0 Å². The van der Waals surface area contributed by atoms with Crippen molar-refractivity contribution in [2.45, 2.75) is 47.5 Å². The highest BCUT2D eigenvalue weighted by molar-refractivity contribution is 4.70. The van der Waals surface area contributed by atoms with Gasteiger partial charge in [-0.3, -0.25) is 0 Å². The molecule has 2 N–H and O–H groups in total. The third kappa shape index (κ3) is 6.39. The maximum atomic E-state index is 5.48. The van der Waals surface area contributed by atoms with Crippen LogP contribution >= 0.6 is 0 Å². The van der Waals surface area contributed by atoms with Crippen LogP contribution in [0.1, 0.15) is 47.5 Å².